The summed E-state index contributed by atoms with van der Waals surface area (Å²) in [6.07, 6.45) is 0. The van der Waals surface area contributed by atoms with Crippen LogP contribution in [-0.2, 0) is 16.6 Å². The molecule has 1 aromatic heterocycles. The Kier molecular flexibility index (Phi) is 5.16. The lowest BCUT2D eigenvalue weighted by atomic mass is 10.3. The van der Waals surface area contributed by atoms with Gasteiger partial charge in [-0.2, -0.15) is 4.31 Å². The van der Waals surface area contributed by atoms with Gasteiger partial charge >= 0.3 is 0 Å². The van der Waals surface area contributed by atoms with Crippen LogP contribution in [0.5, 0.6) is 5.75 Å². The van der Waals surface area contributed by atoms with E-state index in [4.69, 9.17) is 10.5 Å². The first-order chi connectivity index (χ1) is 9.97. The van der Waals surface area contributed by atoms with Crippen molar-refractivity contribution in [3.8, 4) is 5.75 Å². The second kappa shape index (κ2) is 6.88. The van der Waals surface area contributed by atoms with Gasteiger partial charge in [0, 0.05) is 18.1 Å². The Hall–Kier alpha value is -1.64. The maximum atomic E-state index is 12.1. The van der Waals surface area contributed by atoms with Crippen molar-refractivity contribution in [1.29, 1.82) is 0 Å². The van der Waals surface area contributed by atoms with Gasteiger partial charge in [-0.15, -0.1) is 11.3 Å². The molecule has 1 heterocycles. The number of nitrogens with two attached hydrogens (primary N) is 1. The number of ether oxygens (including phenoxy) is 1. The first-order valence-electron chi connectivity index (χ1n) is 6.27. The lowest BCUT2D eigenvalue weighted by Crippen LogP contribution is -2.31. The summed E-state index contributed by atoms with van der Waals surface area (Å²) < 4.78 is 30.9. The molecule has 0 aliphatic heterocycles. The maximum Gasteiger partial charge on any atom is 0.217 e. The predicted molar refractivity (Wildman–Crippen MR) is 83.7 cm³/mol. The molecule has 1 aromatic carbocycles. The third kappa shape index (κ3) is 4.69. The van der Waals surface area contributed by atoms with E-state index in [1.807, 2.05) is 5.38 Å². The zero-order valence-electron chi connectivity index (χ0n) is 11.6. The Morgan fingerprint density at radius 1 is 1.33 bits per heavy atom. The lowest BCUT2D eigenvalue weighted by molar-refractivity contribution is 0.336. The third-order valence-electron chi connectivity index (χ3n) is 2.83. The molecular weight excluding hydrogens is 310 g/mol. The molecule has 0 atom stereocenters. The smallest absolute Gasteiger partial charge is 0.217 e. The Morgan fingerprint density at radius 3 is 2.67 bits per heavy atom. The van der Waals surface area contributed by atoms with Crippen molar-refractivity contribution in [3.63, 3.8) is 0 Å². The molecule has 0 aliphatic rings. The largest absolute Gasteiger partial charge is 0.492 e. The second-order valence-corrected chi connectivity index (χ2v) is 7.38. The molecule has 2 N–H and O–H groups in total. The highest BCUT2D eigenvalue weighted by Crippen LogP contribution is 2.13. The summed E-state index contributed by atoms with van der Waals surface area (Å²) in [6, 6.07) is 6.83. The normalized spacial score (nSPS) is 11.7. The molecule has 2 rings (SSSR count). The number of rotatable bonds is 7. The van der Waals surface area contributed by atoms with E-state index < -0.39 is 10.0 Å². The van der Waals surface area contributed by atoms with Gasteiger partial charge in [-0.3, -0.25) is 0 Å². The van der Waals surface area contributed by atoms with Crippen LogP contribution in [0.4, 0.5) is 5.69 Å². The molecule has 0 saturated carbocycles. The highest BCUT2D eigenvalue weighted by molar-refractivity contribution is 7.89. The number of nitrogen functional groups attached to an aromatic ring is 1. The molecule has 6 nitrogen and oxygen atoms in total. The van der Waals surface area contributed by atoms with Gasteiger partial charge < -0.3 is 10.5 Å². The highest BCUT2D eigenvalue weighted by Gasteiger charge is 2.18. The number of sulfonamides is 1. The molecule has 2 aromatic rings. The van der Waals surface area contributed by atoms with Crippen LogP contribution in [0.1, 0.15) is 5.69 Å². The van der Waals surface area contributed by atoms with Crippen LogP contribution in [0.15, 0.2) is 35.2 Å². The first-order valence-corrected chi connectivity index (χ1v) is 8.82. The van der Waals surface area contributed by atoms with Gasteiger partial charge in [-0.1, -0.05) is 0 Å². The topological polar surface area (TPSA) is 85.5 Å². The van der Waals surface area contributed by atoms with Crippen LogP contribution < -0.4 is 10.5 Å². The van der Waals surface area contributed by atoms with Gasteiger partial charge in [-0.25, -0.2) is 13.4 Å². The summed E-state index contributed by atoms with van der Waals surface area (Å²) in [6.45, 7) is 0.362. The fraction of sp³-hybridized carbons (Fsp3) is 0.308. The van der Waals surface area contributed by atoms with Crippen molar-refractivity contribution >= 4 is 27.0 Å². The van der Waals surface area contributed by atoms with Gasteiger partial charge in [0.2, 0.25) is 10.0 Å². The van der Waals surface area contributed by atoms with E-state index in [1.54, 1.807) is 29.8 Å². The summed E-state index contributed by atoms with van der Waals surface area (Å²) in [5.74, 6) is 0.513. The number of aromatic nitrogens is 1. The van der Waals surface area contributed by atoms with E-state index in [1.165, 1.54) is 22.7 Å². The number of benzene rings is 1. The number of nitrogens with zero attached hydrogens (tertiary/aromatic N) is 2. The Labute approximate surface area is 128 Å². The van der Waals surface area contributed by atoms with Crippen LogP contribution in [0.2, 0.25) is 0 Å². The number of hydrogen-bond donors (Lipinski definition) is 1. The zero-order chi connectivity index (χ0) is 15.3. The number of thiazole rings is 1. The van der Waals surface area contributed by atoms with Gasteiger partial charge in [0.25, 0.3) is 0 Å². The molecule has 0 bridgehead atoms. The van der Waals surface area contributed by atoms with Crippen molar-refractivity contribution in [2.24, 2.45) is 0 Å². The van der Waals surface area contributed by atoms with Gasteiger partial charge in [0.05, 0.1) is 23.5 Å². The molecule has 0 amide bonds. The summed E-state index contributed by atoms with van der Waals surface area (Å²) in [5.41, 5.74) is 8.62. The second-order valence-electron chi connectivity index (χ2n) is 4.47. The van der Waals surface area contributed by atoms with Crippen LogP contribution >= 0.6 is 11.3 Å². The minimum atomic E-state index is -3.37. The molecule has 0 aliphatic carbocycles. The van der Waals surface area contributed by atoms with E-state index in [9.17, 15) is 8.42 Å². The fourth-order valence-corrected chi connectivity index (χ4v) is 3.11. The minimum absolute atomic E-state index is 0.0853. The molecule has 0 unspecified atom stereocenters. The molecule has 0 fully saturated rings. The van der Waals surface area contributed by atoms with E-state index in [2.05, 4.69) is 4.98 Å². The Morgan fingerprint density at radius 2 is 2.05 bits per heavy atom. The summed E-state index contributed by atoms with van der Waals surface area (Å²) in [7, 11) is -1.83. The molecule has 0 saturated heterocycles. The van der Waals surface area contributed by atoms with Crippen LogP contribution in [0, 0.1) is 0 Å². The van der Waals surface area contributed by atoms with Crippen molar-refractivity contribution in [1.82, 2.24) is 9.29 Å². The van der Waals surface area contributed by atoms with Gasteiger partial charge in [-0.05, 0) is 24.3 Å². The third-order valence-corrected chi connectivity index (χ3v) is 5.23. The summed E-state index contributed by atoms with van der Waals surface area (Å²) >= 11 is 1.44. The molecule has 21 heavy (non-hydrogen) atoms. The zero-order valence-corrected chi connectivity index (χ0v) is 13.2. The maximum absolute atomic E-state index is 12.1. The SMILES string of the molecule is CN(Cc1cscn1)S(=O)(=O)CCOc1ccc(N)cc1. The predicted octanol–water partition coefficient (Wildman–Crippen LogP) is 1.57. The fourth-order valence-electron chi connectivity index (χ4n) is 1.63. The average Bonchev–Trinajstić information content (AvgIpc) is 2.94. The van der Waals surface area contributed by atoms with Crippen LogP contribution in [-0.4, -0.2) is 37.1 Å². The van der Waals surface area contributed by atoms with Crippen molar-refractivity contribution in [3.05, 3.63) is 40.8 Å². The summed E-state index contributed by atoms with van der Waals surface area (Å²) in [4.78, 5) is 4.08. The molecule has 114 valence electrons. The first kappa shape index (κ1) is 15.7. The number of anilines is 1. The quantitative estimate of drug-likeness (QED) is 0.780. The van der Waals surface area contributed by atoms with Crippen molar-refractivity contribution < 1.29 is 13.2 Å². The van der Waals surface area contributed by atoms with Gasteiger partial charge in [0.1, 0.15) is 12.4 Å². The van der Waals surface area contributed by atoms with Crippen molar-refractivity contribution in [2.45, 2.75) is 6.54 Å². The minimum Gasteiger partial charge on any atom is -0.492 e. The molecular formula is C13H17N3O3S2. The van der Waals surface area contributed by atoms with Gasteiger partial charge in [0.15, 0.2) is 0 Å². The van der Waals surface area contributed by atoms with E-state index in [0.717, 1.165) is 5.69 Å². The molecule has 0 spiro atoms. The van der Waals surface area contributed by atoms with Crippen LogP contribution in [0.25, 0.3) is 0 Å². The molecule has 0 radical (unpaired) electrons. The van der Waals surface area contributed by atoms with E-state index >= 15 is 0 Å². The number of hydrogen-bond acceptors (Lipinski definition) is 6. The molecule has 8 heteroatoms. The Bertz CT molecular complexity index is 654. The standard InChI is InChI=1S/C13H17N3O3S2/c1-16(8-12-9-20-10-15-12)21(17,18)7-6-19-13-4-2-11(14)3-5-13/h2-5,9-10H,6-8,14H2,1H3. The van der Waals surface area contributed by atoms with E-state index in [0.29, 0.717) is 11.4 Å². The Balaban J connectivity index is 1.84. The van der Waals surface area contributed by atoms with E-state index in [-0.39, 0.29) is 18.9 Å². The lowest BCUT2D eigenvalue weighted by Gasteiger charge is -2.16. The average molecular weight is 327 g/mol. The van der Waals surface area contributed by atoms with Crippen LogP contribution in [0.3, 0.4) is 0 Å². The summed E-state index contributed by atoms with van der Waals surface area (Å²) in [5, 5.41) is 1.83. The highest BCUT2D eigenvalue weighted by atomic mass is 32.2. The van der Waals surface area contributed by atoms with Crippen molar-refractivity contribution in [2.75, 3.05) is 25.1 Å². The monoisotopic (exact) mass is 327 g/mol.